The summed E-state index contributed by atoms with van der Waals surface area (Å²) in [6, 6.07) is 13.8. The summed E-state index contributed by atoms with van der Waals surface area (Å²) in [5.41, 5.74) is 1.63. The molecule has 154 valence electrons. The topological polar surface area (TPSA) is 70.7 Å². The highest BCUT2D eigenvalue weighted by Gasteiger charge is 2.11. The summed E-state index contributed by atoms with van der Waals surface area (Å²) >= 11 is 5.22. The van der Waals surface area contributed by atoms with Crippen LogP contribution < -0.4 is 15.4 Å². The lowest BCUT2D eigenvalue weighted by Gasteiger charge is -2.13. The number of amides is 2. The molecule has 0 atom stereocenters. The zero-order chi connectivity index (χ0) is 21.4. The molecule has 2 aromatic rings. The Hall–Kier alpha value is -2.93. The van der Waals surface area contributed by atoms with Crippen molar-refractivity contribution in [2.45, 2.75) is 20.3 Å². The molecule has 2 N–H and O–H groups in total. The normalized spacial score (nSPS) is 10.4. The second-order valence-corrected chi connectivity index (χ2v) is 7.65. The molecule has 0 saturated carbocycles. The van der Waals surface area contributed by atoms with E-state index in [0.29, 0.717) is 29.3 Å². The molecule has 2 rings (SSSR count). The van der Waals surface area contributed by atoms with Gasteiger partial charge >= 0.3 is 0 Å². The maximum absolute atomic E-state index is 12.4. The van der Waals surface area contributed by atoms with Gasteiger partial charge in [0, 0.05) is 30.9 Å². The number of nitrogens with zero attached hydrogens (tertiary/aromatic N) is 1. The van der Waals surface area contributed by atoms with Gasteiger partial charge in [-0.25, -0.2) is 0 Å². The molecule has 0 aliphatic rings. The zero-order valence-electron chi connectivity index (χ0n) is 17.2. The summed E-state index contributed by atoms with van der Waals surface area (Å²) in [7, 11) is 3.38. The van der Waals surface area contributed by atoms with Crippen LogP contribution >= 0.6 is 12.2 Å². The lowest BCUT2D eigenvalue weighted by atomic mass is 10.1. The Morgan fingerprint density at radius 1 is 1.07 bits per heavy atom. The fourth-order valence-electron chi connectivity index (χ4n) is 2.44. The first-order valence-corrected chi connectivity index (χ1v) is 9.84. The Labute approximate surface area is 177 Å². The van der Waals surface area contributed by atoms with E-state index in [1.165, 1.54) is 4.90 Å². The van der Waals surface area contributed by atoms with Gasteiger partial charge in [0.2, 0.25) is 0 Å². The van der Waals surface area contributed by atoms with E-state index in [-0.39, 0.29) is 16.9 Å². The second-order valence-electron chi connectivity index (χ2n) is 7.24. The van der Waals surface area contributed by atoms with Crippen LogP contribution in [0.5, 0.6) is 5.75 Å². The summed E-state index contributed by atoms with van der Waals surface area (Å²) in [6.07, 6.45) is 0.976. The Balaban J connectivity index is 1.91. The molecule has 2 aromatic carbocycles. The lowest BCUT2D eigenvalue weighted by Crippen LogP contribution is -2.34. The van der Waals surface area contributed by atoms with Gasteiger partial charge in [0.15, 0.2) is 5.11 Å². The standard InChI is InChI=1S/C22H27N3O3S/c1-15(2)12-13-28-19-10-8-16(9-11-19)20(26)24-22(29)23-18-7-5-6-17(14-18)21(27)25(3)4/h5-11,14-15H,12-13H2,1-4H3,(H2,23,24,26,29). The Morgan fingerprint density at radius 2 is 1.76 bits per heavy atom. The molecule has 0 aromatic heterocycles. The number of thiocarbonyl (C=S) groups is 1. The largest absolute Gasteiger partial charge is 0.494 e. The lowest BCUT2D eigenvalue weighted by molar-refractivity contribution is 0.0827. The molecule has 6 nitrogen and oxygen atoms in total. The third-order valence-electron chi connectivity index (χ3n) is 4.08. The van der Waals surface area contributed by atoms with Gasteiger partial charge in [-0.05, 0) is 67.0 Å². The van der Waals surface area contributed by atoms with E-state index in [1.807, 2.05) is 0 Å². The Bertz CT molecular complexity index is 864. The molecule has 0 aliphatic heterocycles. The predicted octanol–water partition coefficient (Wildman–Crippen LogP) is 3.94. The minimum atomic E-state index is -0.322. The third kappa shape index (κ3) is 7.19. The molecule has 0 bridgehead atoms. The minimum Gasteiger partial charge on any atom is -0.494 e. The maximum atomic E-state index is 12.4. The smallest absolute Gasteiger partial charge is 0.257 e. The highest BCUT2D eigenvalue weighted by molar-refractivity contribution is 7.80. The summed E-state index contributed by atoms with van der Waals surface area (Å²) in [5, 5.41) is 5.72. The average Bonchev–Trinajstić information content (AvgIpc) is 2.67. The van der Waals surface area contributed by atoms with Gasteiger partial charge < -0.3 is 15.0 Å². The quantitative estimate of drug-likeness (QED) is 0.673. The molecule has 0 radical (unpaired) electrons. The molecular weight excluding hydrogens is 386 g/mol. The van der Waals surface area contributed by atoms with Gasteiger partial charge in [-0.3, -0.25) is 14.9 Å². The number of anilines is 1. The van der Waals surface area contributed by atoms with Crippen LogP contribution in [0.4, 0.5) is 5.69 Å². The second kappa shape index (κ2) is 10.6. The molecule has 0 fully saturated rings. The number of benzene rings is 2. The van der Waals surface area contributed by atoms with E-state index >= 15 is 0 Å². The molecule has 7 heteroatoms. The molecule has 0 heterocycles. The van der Waals surface area contributed by atoms with Gasteiger partial charge in [-0.1, -0.05) is 19.9 Å². The van der Waals surface area contributed by atoms with Crippen LogP contribution in [0, 0.1) is 5.92 Å². The third-order valence-corrected chi connectivity index (χ3v) is 4.29. The molecule has 2 amide bonds. The fourth-order valence-corrected chi connectivity index (χ4v) is 2.65. The first-order valence-electron chi connectivity index (χ1n) is 9.43. The number of hydrogen-bond donors (Lipinski definition) is 2. The van der Waals surface area contributed by atoms with Crippen molar-refractivity contribution in [1.82, 2.24) is 10.2 Å². The van der Waals surface area contributed by atoms with Gasteiger partial charge in [-0.15, -0.1) is 0 Å². The van der Waals surface area contributed by atoms with E-state index in [1.54, 1.807) is 62.6 Å². The van der Waals surface area contributed by atoms with E-state index in [9.17, 15) is 9.59 Å². The highest BCUT2D eigenvalue weighted by atomic mass is 32.1. The summed E-state index contributed by atoms with van der Waals surface area (Å²) in [6.45, 7) is 4.93. The Morgan fingerprint density at radius 3 is 2.38 bits per heavy atom. The number of carbonyl (C=O) groups is 2. The number of rotatable bonds is 7. The minimum absolute atomic E-state index is 0.112. The number of carbonyl (C=O) groups excluding carboxylic acids is 2. The van der Waals surface area contributed by atoms with Crippen LogP contribution in [-0.2, 0) is 0 Å². The first kappa shape index (κ1) is 22.4. The van der Waals surface area contributed by atoms with Gasteiger partial charge in [0.05, 0.1) is 6.61 Å². The van der Waals surface area contributed by atoms with Crippen molar-refractivity contribution in [3.8, 4) is 5.75 Å². The van der Waals surface area contributed by atoms with Gasteiger partial charge in [0.1, 0.15) is 5.75 Å². The number of hydrogen-bond acceptors (Lipinski definition) is 4. The molecule has 0 aliphatic carbocycles. The highest BCUT2D eigenvalue weighted by Crippen LogP contribution is 2.14. The van der Waals surface area contributed by atoms with Crippen molar-refractivity contribution >= 4 is 34.8 Å². The fraction of sp³-hybridized carbons (Fsp3) is 0.318. The van der Waals surface area contributed by atoms with Crippen molar-refractivity contribution in [3.63, 3.8) is 0 Å². The van der Waals surface area contributed by atoms with Crippen LogP contribution in [0.3, 0.4) is 0 Å². The zero-order valence-corrected chi connectivity index (χ0v) is 18.0. The Kier molecular flexibility index (Phi) is 8.15. The van der Waals surface area contributed by atoms with Crippen LogP contribution in [0.2, 0.25) is 0 Å². The van der Waals surface area contributed by atoms with Crippen molar-refractivity contribution in [2.75, 3.05) is 26.0 Å². The van der Waals surface area contributed by atoms with Crippen LogP contribution in [0.25, 0.3) is 0 Å². The number of ether oxygens (including phenoxy) is 1. The molecule has 0 saturated heterocycles. The van der Waals surface area contributed by atoms with Crippen molar-refractivity contribution < 1.29 is 14.3 Å². The summed E-state index contributed by atoms with van der Waals surface area (Å²) < 4.78 is 5.66. The van der Waals surface area contributed by atoms with Gasteiger partial charge in [-0.2, -0.15) is 0 Å². The first-order chi connectivity index (χ1) is 13.8. The summed E-state index contributed by atoms with van der Waals surface area (Å²) in [4.78, 5) is 25.9. The van der Waals surface area contributed by atoms with Crippen LogP contribution in [0.1, 0.15) is 41.0 Å². The van der Waals surface area contributed by atoms with Crippen molar-refractivity contribution in [1.29, 1.82) is 0 Å². The summed E-state index contributed by atoms with van der Waals surface area (Å²) in [5.74, 6) is 0.872. The van der Waals surface area contributed by atoms with Crippen molar-refractivity contribution in [3.05, 3.63) is 59.7 Å². The predicted molar refractivity (Wildman–Crippen MR) is 120 cm³/mol. The van der Waals surface area contributed by atoms with E-state index in [4.69, 9.17) is 17.0 Å². The number of nitrogens with one attached hydrogen (secondary N) is 2. The van der Waals surface area contributed by atoms with Gasteiger partial charge in [0.25, 0.3) is 11.8 Å². The van der Waals surface area contributed by atoms with E-state index in [0.717, 1.165) is 12.2 Å². The maximum Gasteiger partial charge on any atom is 0.257 e. The van der Waals surface area contributed by atoms with Crippen LogP contribution in [0.15, 0.2) is 48.5 Å². The monoisotopic (exact) mass is 413 g/mol. The SMILES string of the molecule is CC(C)CCOc1ccc(C(=O)NC(=S)Nc2cccc(C(=O)N(C)C)c2)cc1. The van der Waals surface area contributed by atoms with Crippen molar-refractivity contribution in [2.24, 2.45) is 5.92 Å². The van der Waals surface area contributed by atoms with E-state index in [2.05, 4.69) is 24.5 Å². The molecule has 0 unspecified atom stereocenters. The average molecular weight is 414 g/mol. The molecule has 0 spiro atoms. The van der Waals surface area contributed by atoms with E-state index < -0.39 is 0 Å². The molecular formula is C22H27N3O3S. The molecule has 29 heavy (non-hydrogen) atoms. The van der Waals surface area contributed by atoms with Crippen LogP contribution in [-0.4, -0.2) is 42.5 Å².